The average Bonchev–Trinajstić information content (AvgIpc) is 2.85. The van der Waals surface area contributed by atoms with Crippen molar-refractivity contribution in [3.05, 3.63) is 30.2 Å². The van der Waals surface area contributed by atoms with Crippen molar-refractivity contribution >= 4 is 6.29 Å². The zero-order chi connectivity index (χ0) is 9.97. The van der Waals surface area contributed by atoms with Crippen LogP contribution in [-0.4, -0.2) is 16.1 Å². The molecule has 4 nitrogen and oxygen atoms in total. The standard InChI is InChI=1S/C10H10N2O2/c1-2-12-6-8(7-13)10(11-12)9-4-3-5-14-9/h3-7H,2H2,1H3. The number of rotatable bonds is 3. The van der Waals surface area contributed by atoms with E-state index in [-0.39, 0.29) is 0 Å². The number of aromatic nitrogens is 2. The second-order valence-electron chi connectivity index (χ2n) is 2.88. The van der Waals surface area contributed by atoms with Crippen molar-refractivity contribution in [2.45, 2.75) is 13.5 Å². The number of hydrogen-bond donors (Lipinski definition) is 0. The third kappa shape index (κ3) is 1.35. The number of aldehydes is 1. The molecule has 0 aliphatic heterocycles. The van der Waals surface area contributed by atoms with Crippen LogP contribution >= 0.6 is 0 Å². The molecule has 0 amide bonds. The fourth-order valence-electron chi connectivity index (χ4n) is 1.29. The molecule has 2 heterocycles. The lowest BCUT2D eigenvalue weighted by Gasteiger charge is -1.91. The number of carbonyl (C=O) groups excluding carboxylic acids is 1. The topological polar surface area (TPSA) is 48.0 Å². The van der Waals surface area contributed by atoms with Crippen LogP contribution in [-0.2, 0) is 6.54 Å². The van der Waals surface area contributed by atoms with Crippen LogP contribution in [0.3, 0.4) is 0 Å². The molecule has 0 saturated heterocycles. The Hall–Kier alpha value is -1.84. The highest BCUT2D eigenvalue weighted by Crippen LogP contribution is 2.20. The first-order valence-corrected chi connectivity index (χ1v) is 4.41. The molecule has 0 atom stereocenters. The van der Waals surface area contributed by atoms with E-state index in [1.807, 2.05) is 6.92 Å². The van der Waals surface area contributed by atoms with Crippen LogP contribution in [0.1, 0.15) is 17.3 Å². The molecule has 0 N–H and O–H groups in total. The van der Waals surface area contributed by atoms with Gasteiger partial charge in [-0.2, -0.15) is 5.10 Å². The van der Waals surface area contributed by atoms with E-state index in [0.29, 0.717) is 17.0 Å². The maximum Gasteiger partial charge on any atom is 0.154 e. The van der Waals surface area contributed by atoms with E-state index in [9.17, 15) is 4.79 Å². The average molecular weight is 190 g/mol. The van der Waals surface area contributed by atoms with Crippen LogP contribution in [0.4, 0.5) is 0 Å². The van der Waals surface area contributed by atoms with Gasteiger partial charge in [-0.25, -0.2) is 0 Å². The molecule has 0 aliphatic carbocycles. The van der Waals surface area contributed by atoms with E-state index in [4.69, 9.17) is 4.42 Å². The molecule has 0 radical (unpaired) electrons. The summed E-state index contributed by atoms with van der Waals surface area (Å²) in [6.45, 7) is 2.70. The van der Waals surface area contributed by atoms with Gasteiger partial charge in [-0.3, -0.25) is 9.48 Å². The fraction of sp³-hybridized carbons (Fsp3) is 0.200. The second-order valence-corrected chi connectivity index (χ2v) is 2.88. The van der Waals surface area contributed by atoms with E-state index >= 15 is 0 Å². The molecule has 0 spiro atoms. The van der Waals surface area contributed by atoms with E-state index < -0.39 is 0 Å². The van der Waals surface area contributed by atoms with Crippen LogP contribution in [0, 0.1) is 0 Å². The third-order valence-corrected chi connectivity index (χ3v) is 2.00. The summed E-state index contributed by atoms with van der Waals surface area (Å²) in [6.07, 6.45) is 4.07. The molecule has 0 bridgehead atoms. The smallest absolute Gasteiger partial charge is 0.154 e. The molecule has 72 valence electrons. The van der Waals surface area contributed by atoms with E-state index in [0.717, 1.165) is 12.8 Å². The van der Waals surface area contributed by atoms with E-state index in [2.05, 4.69) is 5.10 Å². The summed E-state index contributed by atoms with van der Waals surface area (Å²) in [5.41, 5.74) is 1.16. The summed E-state index contributed by atoms with van der Waals surface area (Å²) < 4.78 is 6.90. The first-order chi connectivity index (χ1) is 6.85. The molecule has 0 aromatic carbocycles. The summed E-state index contributed by atoms with van der Waals surface area (Å²) in [5.74, 6) is 0.624. The number of aryl methyl sites for hydroxylation is 1. The van der Waals surface area contributed by atoms with Crippen molar-refractivity contribution in [1.82, 2.24) is 9.78 Å². The van der Waals surface area contributed by atoms with Crippen molar-refractivity contribution < 1.29 is 9.21 Å². The van der Waals surface area contributed by atoms with Crippen LogP contribution in [0.2, 0.25) is 0 Å². The van der Waals surface area contributed by atoms with Gasteiger partial charge in [0.15, 0.2) is 12.0 Å². The first kappa shape index (κ1) is 8.74. The van der Waals surface area contributed by atoms with E-state index in [1.165, 1.54) is 0 Å². The number of nitrogens with zero attached hydrogens (tertiary/aromatic N) is 2. The minimum Gasteiger partial charge on any atom is -0.463 e. The Morgan fingerprint density at radius 2 is 2.50 bits per heavy atom. The van der Waals surface area contributed by atoms with Crippen LogP contribution < -0.4 is 0 Å². The zero-order valence-corrected chi connectivity index (χ0v) is 7.80. The summed E-state index contributed by atoms with van der Waals surface area (Å²) in [7, 11) is 0. The van der Waals surface area contributed by atoms with Crippen LogP contribution in [0.25, 0.3) is 11.5 Å². The highest BCUT2D eigenvalue weighted by atomic mass is 16.3. The summed E-state index contributed by atoms with van der Waals surface area (Å²) in [5, 5.41) is 4.23. The lowest BCUT2D eigenvalue weighted by atomic mass is 10.2. The molecule has 14 heavy (non-hydrogen) atoms. The van der Waals surface area contributed by atoms with Gasteiger partial charge in [-0.1, -0.05) is 0 Å². The zero-order valence-electron chi connectivity index (χ0n) is 7.80. The molecule has 2 aromatic heterocycles. The van der Waals surface area contributed by atoms with Crippen LogP contribution in [0.5, 0.6) is 0 Å². The molecular weight excluding hydrogens is 180 g/mol. The van der Waals surface area contributed by atoms with Gasteiger partial charge in [0, 0.05) is 12.7 Å². The minimum absolute atomic E-state index is 0.557. The molecule has 0 aliphatic rings. The molecule has 0 saturated carbocycles. The van der Waals surface area contributed by atoms with Crippen molar-refractivity contribution in [2.24, 2.45) is 0 Å². The minimum atomic E-state index is 0.557. The molecule has 2 rings (SSSR count). The van der Waals surface area contributed by atoms with Crippen molar-refractivity contribution in [3.63, 3.8) is 0 Å². The number of hydrogen-bond acceptors (Lipinski definition) is 3. The fourth-order valence-corrected chi connectivity index (χ4v) is 1.29. The summed E-state index contributed by atoms with van der Waals surface area (Å²) in [6, 6.07) is 3.56. The van der Waals surface area contributed by atoms with Gasteiger partial charge < -0.3 is 4.42 Å². The van der Waals surface area contributed by atoms with Crippen molar-refractivity contribution in [2.75, 3.05) is 0 Å². The molecule has 4 heteroatoms. The van der Waals surface area contributed by atoms with Crippen molar-refractivity contribution in [3.8, 4) is 11.5 Å². The largest absolute Gasteiger partial charge is 0.463 e. The maximum absolute atomic E-state index is 10.8. The first-order valence-electron chi connectivity index (χ1n) is 4.41. The Balaban J connectivity index is 2.51. The van der Waals surface area contributed by atoms with Gasteiger partial charge >= 0.3 is 0 Å². The number of carbonyl (C=O) groups is 1. The van der Waals surface area contributed by atoms with Crippen LogP contribution in [0.15, 0.2) is 29.0 Å². The highest BCUT2D eigenvalue weighted by molar-refractivity contribution is 5.83. The lowest BCUT2D eigenvalue weighted by Crippen LogP contribution is -1.93. The van der Waals surface area contributed by atoms with Crippen molar-refractivity contribution in [1.29, 1.82) is 0 Å². The Morgan fingerprint density at radius 3 is 3.07 bits per heavy atom. The van der Waals surface area contributed by atoms with Gasteiger partial charge in [0.25, 0.3) is 0 Å². The summed E-state index contributed by atoms with van der Waals surface area (Å²) in [4.78, 5) is 10.8. The SMILES string of the molecule is CCn1cc(C=O)c(-c2ccco2)n1. The monoisotopic (exact) mass is 190 g/mol. The Morgan fingerprint density at radius 1 is 1.64 bits per heavy atom. The molecule has 2 aromatic rings. The predicted octanol–water partition coefficient (Wildman–Crippen LogP) is 1.98. The highest BCUT2D eigenvalue weighted by Gasteiger charge is 2.11. The van der Waals surface area contributed by atoms with Gasteiger partial charge in [0.05, 0.1) is 11.8 Å². The van der Waals surface area contributed by atoms with E-state index in [1.54, 1.807) is 29.3 Å². The van der Waals surface area contributed by atoms with Gasteiger partial charge in [0.1, 0.15) is 5.69 Å². The van der Waals surface area contributed by atoms with Gasteiger partial charge in [-0.05, 0) is 19.1 Å². The molecule has 0 unspecified atom stereocenters. The summed E-state index contributed by atoms with van der Waals surface area (Å²) >= 11 is 0. The predicted molar refractivity (Wildman–Crippen MR) is 51.0 cm³/mol. The number of furan rings is 1. The second kappa shape index (κ2) is 3.49. The molecular formula is C10H10N2O2. The quantitative estimate of drug-likeness (QED) is 0.695. The third-order valence-electron chi connectivity index (χ3n) is 2.00. The van der Waals surface area contributed by atoms with Gasteiger partial charge in [-0.15, -0.1) is 0 Å². The normalized spacial score (nSPS) is 10.4. The Bertz CT molecular complexity index is 429. The van der Waals surface area contributed by atoms with Gasteiger partial charge in [0.2, 0.25) is 0 Å². The maximum atomic E-state index is 10.8. The lowest BCUT2D eigenvalue weighted by molar-refractivity contribution is 0.112. The Labute approximate surface area is 81.1 Å². The molecule has 0 fully saturated rings. The Kier molecular flexibility index (Phi) is 2.18.